The lowest BCUT2D eigenvalue weighted by atomic mass is 10.2. The number of carbonyl (C=O) groups excluding carboxylic acids is 1. The van der Waals surface area contributed by atoms with Crippen LogP contribution in [0.5, 0.6) is 0 Å². The summed E-state index contributed by atoms with van der Waals surface area (Å²) in [4.78, 5) is 12.2. The van der Waals surface area contributed by atoms with Gasteiger partial charge in [0.15, 0.2) is 12.4 Å². The van der Waals surface area contributed by atoms with Crippen molar-refractivity contribution in [2.75, 3.05) is 16.8 Å². The SMILES string of the molecule is O=C(Nc1cccc(C2SCCCS2)c1)c1cc[n+]([O-])cc1. The molecule has 1 aromatic carbocycles. The van der Waals surface area contributed by atoms with Gasteiger partial charge in [0.05, 0.1) is 10.1 Å². The van der Waals surface area contributed by atoms with E-state index >= 15 is 0 Å². The first-order valence-corrected chi connectivity index (χ1v) is 9.15. The quantitative estimate of drug-likeness (QED) is 0.691. The molecule has 2 aromatic rings. The minimum atomic E-state index is -0.207. The maximum atomic E-state index is 12.2. The molecule has 0 bridgehead atoms. The van der Waals surface area contributed by atoms with Gasteiger partial charge in [-0.05, 0) is 35.6 Å². The maximum Gasteiger partial charge on any atom is 0.256 e. The summed E-state index contributed by atoms with van der Waals surface area (Å²) >= 11 is 3.91. The summed E-state index contributed by atoms with van der Waals surface area (Å²) in [6.45, 7) is 0. The molecule has 1 aliphatic rings. The molecule has 0 unspecified atom stereocenters. The predicted molar refractivity (Wildman–Crippen MR) is 92.1 cm³/mol. The Bertz CT molecular complexity index is 655. The molecule has 114 valence electrons. The van der Waals surface area contributed by atoms with Crippen LogP contribution in [0.2, 0.25) is 0 Å². The highest BCUT2D eigenvalue weighted by Crippen LogP contribution is 2.44. The second-order valence-electron chi connectivity index (χ2n) is 4.95. The third kappa shape index (κ3) is 3.75. The fourth-order valence-electron chi connectivity index (χ4n) is 2.21. The lowest BCUT2D eigenvalue weighted by Gasteiger charge is -2.21. The lowest BCUT2D eigenvalue weighted by Crippen LogP contribution is -2.25. The summed E-state index contributed by atoms with van der Waals surface area (Å²) in [6.07, 6.45) is 3.90. The van der Waals surface area contributed by atoms with Crippen LogP contribution in [-0.4, -0.2) is 17.4 Å². The van der Waals surface area contributed by atoms with Crippen molar-refractivity contribution in [3.8, 4) is 0 Å². The highest BCUT2D eigenvalue weighted by Gasteiger charge is 2.17. The van der Waals surface area contributed by atoms with Crippen molar-refractivity contribution in [3.63, 3.8) is 0 Å². The number of nitrogens with one attached hydrogen (secondary N) is 1. The number of aromatic nitrogens is 1. The highest BCUT2D eigenvalue weighted by molar-refractivity contribution is 8.16. The summed E-state index contributed by atoms with van der Waals surface area (Å²) in [5.41, 5.74) is 2.49. The van der Waals surface area contributed by atoms with Gasteiger partial charge in [0.2, 0.25) is 0 Å². The van der Waals surface area contributed by atoms with Crippen LogP contribution in [0.4, 0.5) is 5.69 Å². The standard InChI is InChI=1S/C16H16N2O2S2/c19-15(12-5-7-18(20)8-6-12)17-14-4-1-3-13(11-14)16-21-9-2-10-22-16/h1,3-8,11,16H,2,9-10H2,(H,17,19). The zero-order valence-corrected chi connectivity index (χ0v) is 13.5. The molecule has 0 saturated carbocycles. The number of thioether (sulfide) groups is 2. The van der Waals surface area contributed by atoms with Gasteiger partial charge in [0.25, 0.3) is 5.91 Å². The van der Waals surface area contributed by atoms with Gasteiger partial charge < -0.3 is 10.5 Å². The molecule has 1 N–H and O–H groups in total. The molecule has 0 aliphatic carbocycles. The van der Waals surface area contributed by atoms with Gasteiger partial charge in [-0.1, -0.05) is 12.1 Å². The molecule has 6 heteroatoms. The topological polar surface area (TPSA) is 56.0 Å². The molecule has 1 aromatic heterocycles. The molecule has 0 atom stereocenters. The van der Waals surface area contributed by atoms with E-state index in [4.69, 9.17) is 0 Å². The van der Waals surface area contributed by atoms with Gasteiger partial charge in [-0.2, -0.15) is 4.73 Å². The highest BCUT2D eigenvalue weighted by atomic mass is 32.2. The maximum absolute atomic E-state index is 12.2. The largest absolute Gasteiger partial charge is 0.619 e. The minimum absolute atomic E-state index is 0.207. The van der Waals surface area contributed by atoms with Crippen LogP contribution >= 0.6 is 23.5 Å². The summed E-state index contributed by atoms with van der Waals surface area (Å²) < 4.78 is 1.11. The van der Waals surface area contributed by atoms with Crippen molar-refractivity contribution in [2.45, 2.75) is 11.0 Å². The Balaban J connectivity index is 1.72. The number of anilines is 1. The van der Waals surface area contributed by atoms with E-state index < -0.39 is 0 Å². The Morgan fingerprint density at radius 1 is 1.18 bits per heavy atom. The number of rotatable bonds is 3. The fourth-order valence-corrected chi connectivity index (χ4v) is 5.08. The van der Waals surface area contributed by atoms with Crippen molar-refractivity contribution >= 4 is 35.1 Å². The second kappa shape index (κ2) is 7.07. The third-order valence-corrected chi connectivity index (χ3v) is 6.32. The molecule has 4 nitrogen and oxygen atoms in total. The number of nitrogens with zero attached hydrogens (tertiary/aromatic N) is 1. The first-order chi connectivity index (χ1) is 10.7. The van der Waals surface area contributed by atoms with Crippen LogP contribution in [0.15, 0.2) is 48.8 Å². The number of amides is 1. The average molecular weight is 332 g/mol. The predicted octanol–water partition coefficient (Wildman–Crippen LogP) is 3.44. The van der Waals surface area contributed by atoms with Crippen molar-refractivity contribution in [1.29, 1.82) is 0 Å². The van der Waals surface area contributed by atoms with Gasteiger partial charge in [-0.15, -0.1) is 23.5 Å². The molecule has 1 saturated heterocycles. The van der Waals surface area contributed by atoms with E-state index in [0.717, 1.165) is 5.69 Å². The number of pyridine rings is 1. The Morgan fingerprint density at radius 2 is 1.91 bits per heavy atom. The molecule has 22 heavy (non-hydrogen) atoms. The summed E-state index contributed by atoms with van der Waals surface area (Å²) in [5.74, 6) is 2.17. The van der Waals surface area contributed by atoms with Crippen LogP contribution < -0.4 is 10.0 Å². The van der Waals surface area contributed by atoms with E-state index in [-0.39, 0.29) is 5.91 Å². The van der Waals surface area contributed by atoms with Crippen LogP contribution in [0, 0.1) is 5.21 Å². The van der Waals surface area contributed by atoms with Crippen LogP contribution in [0.25, 0.3) is 0 Å². The van der Waals surface area contributed by atoms with Crippen molar-refractivity contribution < 1.29 is 9.52 Å². The number of benzene rings is 1. The Labute approximate surface area is 137 Å². The van der Waals surface area contributed by atoms with Gasteiger partial charge in [-0.25, -0.2) is 0 Å². The molecule has 1 amide bonds. The minimum Gasteiger partial charge on any atom is -0.619 e. The van der Waals surface area contributed by atoms with Crippen molar-refractivity contribution in [1.82, 2.24) is 0 Å². The monoisotopic (exact) mass is 332 g/mol. The zero-order valence-electron chi connectivity index (χ0n) is 11.9. The Kier molecular flexibility index (Phi) is 4.90. The molecular weight excluding hydrogens is 316 g/mol. The van der Waals surface area contributed by atoms with Gasteiger partial charge in [-0.3, -0.25) is 4.79 Å². The molecule has 2 heterocycles. The lowest BCUT2D eigenvalue weighted by molar-refractivity contribution is -0.605. The molecule has 0 radical (unpaired) electrons. The normalized spacial score (nSPS) is 15.5. The van der Waals surface area contributed by atoms with E-state index in [2.05, 4.69) is 11.4 Å². The third-order valence-electron chi connectivity index (χ3n) is 3.31. The first kappa shape index (κ1) is 15.2. The molecule has 1 aliphatic heterocycles. The Morgan fingerprint density at radius 3 is 2.64 bits per heavy atom. The first-order valence-electron chi connectivity index (χ1n) is 7.06. The van der Waals surface area contributed by atoms with E-state index in [1.54, 1.807) is 0 Å². The van der Waals surface area contributed by atoms with Crippen LogP contribution in [-0.2, 0) is 0 Å². The van der Waals surface area contributed by atoms with E-state index in [9.17, 15) is 10.0 Å². The summed E-state index contributed by atoms with van der Waals surface area (Å²) in [5, 5.41) is 13.9. The van der Waals surface area contributed by atoms with Crippen LogP contribution in [0.1, 0.15) is 26.9 Å². The average Bonchev–Trinajstić information content (AvgIpc) is 2.56. The van der Waals surface area contributed by atoms with Gasteiger partial charge in [0.1, 0.15) is 0 Å². The smallest absolute Gasteiger partial charge is 0.256 e. The summed E-state index contributed by atoms with van der Waals surface area (Å²) in [7, 11) is 0. The number of hydrogen-bond acceptors (Lipinski definition) is 4. The van der Waals surface area contributed by atoms with E-state index in [1.807, 2.05) is 41.7 Å². The number of hydrogen-bond donors (Lipinski definition) is 1. The molecule has 0 spiro atoms. The zero-order chi connectivity index (χ0) is 15.4. The molecular formula is C16H16N2O2S2. The van der Waals surface area contributed by atoms with Gasteiger partial charge in [0, 0.05) is 17.8 Å². The molecule has 1 fully saturated rings. The Hall–Kier alpha value is -1.66. The van der Waals surface area contributed by atoms with Crippen LogP contribution in [0.3, 0.4) is 0 Å². The van der Waals surface area contributed by atoms with Crippen molar-refractivity contribution in [2.24, 2.45) is 0 Å². The second-order valence-corrected chi connectivity index (χ2v) is 7.68. The van der Waals surface area contributed by atoms with E-state index in [1.165, 1.54) is 48.0 Å². The van der Waals surface area contributed by atoms with Crippen molar-refractivity contribution in [3.05, 3.63) is 65.1 Å². The van der Waals surface area contributed by atoms with Gasteiger partial charge >= 0.3 is 0 Å². The van der Waals surface area contributed by atoms with E-state index in [0.29, 0.717) is 14.9 Å². The molecule has 3 rings (SSSR count). The number of carbonyl (C=O) groups is 1. The fraction of sp³-hybridized carbons (Fsp3) is 0.250. The summed E-state index contributed by atoms with van der Waals surface area (Å²) in [6, 6.07) is 11.0.